The van der Waals surface area contributed by atoms with Gasteiger partial charge in [0.2, 0.25) is 0 Å². The third kappa shape index (κ3) is 4.71. The quantitative estimate of drug-likeness (QED) is 0.450. The number of fused-ring (bicyclic) bond motifs is 1. The summed E-state index contributed by atoms with van der Waals surface area (Å²) in [5.74, 6) is 1.21. The fourth-order valence-corrected chi connectivity index (χ4v) is 2.63. The van der Waals surface area contributed by atoms with E-state index >= 15 is 0 Å². The zero-order valence-electron chi connectivity index (χ0n) is 16.1. The first-order valence-corrected chi connectivity index (χ1v) is 8.97. The molecule has 0 saturated heterocycles. The van der Waals surface area contributed by atoms with Crippen LogP contribution in [0.3, 0.4) is 0 Å². The number of methoxy groups -OCH3 is 1. The molecule has 1 heterocycles. The molecular weight excluding hydrogens is 360 g/mol. The number of ether oxygens (including phenoxy) is 3. The summed E-state index contributed by atoms with van der Waals surface area (Å²) in [6, 6.07) is 13.2. The van der Waals surface area contributed by atoms with Crippen molar-refractivity contribution in [1.29, 1.82) is 0 Å². The second-order valence-electron chi connectivity index (χ2n) is 6.76. The van der Waals surface area contributed by atoms with Crippen molar-refractivity contribution in [2.45, 2.75) is 20.5 Å². The van der Waals surface area contributed by atoms with Crippen LogP contribution in [0.25, 0.3) is 11.0 Å². The first-order valence-electron chi connectivity index (χ1n) is 8.97. The Morgan fingerprint density at radius 3 is 2.43 bits per heavy atom. The summed E-state index contributed by atoms with van der Waals surface area (Å²) in [5.41, 5.74) is 0.841. The summed E-state index contributed by atoms with van der Waals surface area (Å²) in [6.07, 6.45) is 0. The van der Waals surface area contributed by atoms with E-state index in [1.54, 1.807) is 42.5 Å². The van der Waals surface area contributed by atoms with Crippen molar-refractivity contribution >= 4 is 16.9 Å². The minimum absolute atomic E-state index is 0.0428. The highest BCUT2D eigenvalue weighted by Crippen LogP contribution is 2.23. The number of hydrogen-bond donors (Lipinski definition) is 0. The fraction of sp³-hybridized carbons (Fsp3) is 0.273. The summed E-state index contributed by atoms with van der Waals surface area (Å²) in [7, 11) is 1.53. The van der Waals surface area contributed by atoms with Crippen molar-refractivity contribution < 1.29 is 23.4 Å². The zero-order valence-corrected chi connectivity index (χ0v) is 16.1. The molecule has 0 amide bonds. The molecule has 0 unspecified atom stereocenters. The Morgan fingerprint density at radius 2 is 1.75 bits per heavy atom. The summed E-state index contributed by atoms with van der Waals surface area (Å²) in [5, 5.41) is 0.686. The summed E-state index contributed by atoms with van der Waals surface area (Å²) >= 11 is 0. The molecule has 0 aliphatic rings. The van der Waals surface area contributed by atoms with Crippen LogP contribution in [0.2, 0.25) is 0 Å². The first kappa shape index (κ1) is 19.5. The van der Waals surface area contributed by atoms with E-state index in [1.807, 2.05) is 0 Å². The van der Waals surface area contributed by atoms with Crippen LogP contribution >= 0.6 is 0 Å². The molecule has 0 fully saturated rings. The van der Waals surface area contributed by atoms with Crippen molar-refractivity contribution in [2.75, 3.05) is 13.7 Å². The average Bonchev–Trinajstić information content (AvgIpc) is 2.69. The summed E-state index contributed by atoms with van der Waals surface area (Å²) in [6.45, 7) is 4.70. The Hall–Kier alpha value is -3.28. The Kier molecular flexibility index (Phi) is 5.99. The van der Waals surface area contributed by atoms with E-state index in [4.69, 9.17) is 18.6 Å². The molecule has 0 spiro atoms. The number of esters is 1. The molecule has 6 nitrogen and oxygen atoms in total. The van der Waals surface area contributed by atoms with Crippen LogP contribution in [-0.2, 0) is 11.3 Å². The summed E-state index contributed by atoms with van der Waals surface area (Å²) < 4.78 is 21.3. The minimum Gasteiger partial charge on any atom is -0.497 e. The van der Waals surface area contributed by atoms with Crippen molar-refractivity contribution in [2.24, 2.45) is 5.92 Å². The Balaban J connectivity index is 1.71. The number of carbonyl (C=O) groups is 1. The number of rotatable bonds is 7. The summed E-state index contributed by atoms with van der Waals surface area (Å²) in [4.78, 5) is 24.1. The van der Waals surface area contributed by atoms with Crippen molar-refractivity contribution in [3.05, 3.63) is 70.1 Å². The van der Waals surface area contributed by atoms with Gasteiger partial charge in [-0.3, -0.25) is 0 Å². The lowest BCUT2D eigenvalue weighted by atomic mass is 10.1. The third-order valence-electron chi connectivity index (χ3n) is 4.07. The lowest BCUT2D eigenvalue weighted by Crippen LogP contribution is -2.08. The van der Waals surface area contributed by atoms with Crippen LogP contribution in [0.1, 0.15) is 29.8 Å². The number of benzene rings is 2. The van der Waals surface area contributed by atoms with Gasteiger partial charge in [0.05, 0.1) is 19.3 Å². The molecule has 146 valence electrons. The van der Waals surface area contributed by atoms with Crippen LogP contribution in [0.4, 0.5) is 0 Å². The van der Waals surface area contributed by atoms with Gasteiger partial charge in [0.25, 0.3) is 0 Å². The average molecular weight is 382 g/mol. The van der Waals surface area contributed by atoms with Gasteiger partial charge in [-0.2, -0.15) is 0 Å². The molecule has 0 bridgehead atoms. The monoisotopic (exact) mass is 382 g/mol. The molecule has 0 N–H and O–H groups in total. The maximum atomic E-state index is 12.3. The standard InChI is InChI=1S/C22H22O6/c1-14(2)12-26-17-6-4-15(5-7-17)22(24)27-13-16-10-21(23)28-20-11-18(25-3)8-9-19(16)20/h4-11,14H,12-13H2,1-3H3. The fourth-order valence-electron chi connectivity index (χ4n) is 2.63. The molecule has 3 rings (SSSR count). The van der Waals surface area contributed by atoms with Crippen molar-refractivity contribution in [1.82, 2.24) is 0 Å². The Bertz CT molecular complexity index is 1020. The van der Waals surface area contributed by atoms with E-state index in [0.29, 0.717) is 46.1 Å². The van der Waals surface area contributed by atoms with Gasteiger partial charge >= 0.3 is 11.6 Å². The molecule has 1 aromatic heterocycles. The normalized spacial score (nSPS) is 10.9. The largest absolute Gasteiger partial charge is 0.497 e. The zero-order chi connectivity index (χ0) is 20.1. The van der Waals surface area contributed by atoms with Crippen LogP contribution in [0.5, 0.6) is 11.5 Å². The van der Waals surface area contributed by atoms with Gasteiger partial charge in [-0.25, -0.2) is 9.59 Å². The van der Waals surface area contributed by atoms with Crippen molar-refractivity contribution in [3.8, 4) is 11.5 Å². The van der Waals surface area contributed by atoms with E-state index in [1.165, 1.54) is 13.2 Å². The Morgan fingerprint density at radius 1 is 1.04 bits per heavy atom. The molecule has 6 heteroatoms. The smallest absolute Gasteiger partial charge is 0.338 e. The van der Waals surface area contributed by atoms with Gasteiger partial charge in [0, 0.05) is 23.1 Å². The predicted octanol–water partition coefficient (Wildman–Crippen LogP) is 4.19. The number of hydrogen-bond acceptors (Lipinski definition) is 6. The van der Waals surface area contributed by atoms with Crippen LogP contribution in [0, 0.1) is 5.92 Å². The molecule has 0 radical (unpaired) electrons. The van der Waals surface area contributed by atoms with E-state index in [2.05, 4.69) is 13.8 Å². The highest BCUT2D eigenvalue weighted by molar-refractivity contribution is 5.90. The van der Waals surface area contributed by atoms with E-state index in [0.717, 1.165) is 0 Å². The Labute approximate surface area is 162 Å². The SMILES string of the molecule is COc1ccc2c(COC(=O)c3ccc(OCC(C)C)cc3)cc(=O)oc2c1. The van der Waals surface area contributed by atoms with Crippen LogP contribution < -0.4 is 15.1 Å². The van der Waals surface area contributed by atoms with Gasteiger partial charge < -0.3 is 18.6 Å². The van der Waals surface area contributed by atoms with Crippen molar-refractivity contribution in [3.63, 3.8) is 0 Å². The molecule has 0 atom stereocenters. The number of carbonyl (C=O) groups excluding carboxylic acids is 1. The molecule has 2 aromatic carbocycles. The van der Waals surface area contributed by atoms with Gasteiger partial charge in [-0.15, -0.1) is 0 Å². The molecule has 0 aliphatic carbocycles. The van der Waals surface area contributed by atoms with Gasteiger partial charge in [-0.1, -0.05) is 13.8 Å². The van der Waals surface area contributed by atoms with Crippen LogP contribution in [-0.4, -0.2) is 19.7 Å². The van der Waals surface area contributed by atoms with Gasteiger partial charge in [0.15, 0.2) is 0 Å². The lowest BCUT2D eigenvalue weighted by molar-refractivity contribution is 0.0473. The molecule has 0 saturated carbocycles. The second-order valence-corrected chi connectivity index (χ2v) is 6.76. The predicted molar refractivity (Wildman–Crippen MR) is 105 cm³/mol. The maximum Gasteiger partial charge on any atom is 0.338 e. The highest BCUT2D eigenvalue weighted by Gasteiger charge is 2.12. The topological polar surface area (TPSA) is 75.0 Å². The van der Waals surface area contributed by atoms with E-state index in [9.17, 15) is 9.59 Å². The first-order chi connectivity index (χ1) is 13.5. The van der Waals surface area contributed by atoms with E-state index in [-0.39, 0.29) is 6.61 Å². The van der Waals surface area contributed by atoms with Crippen LogP contribution in [0.15, 0.2) is 57.7 Å². The van der Waals surface area contributed by atoms with Gasteiger partial charge in [-0.05, 0) is 42.3 Å². The minimum atomic E-state index is -0.515. The van der Waals surface area contributed by atoms with Gasteiger partial charge in [0.1, 0.15) is 23.7 Å². The molecule has 3 aromatic rings. The molecule has 28 heavy (non-hydrogen) atoms. The second kappa shape index (κ2) is 8.61. The highest BCUT2D eigenvalue weighted by atomic mass is 16.5. The molecular formula is C22H22O6. The lowest BCUT2D eigenvalue weighted by Gasteiger charge is -2.10. The third-order valence-corrected chi connectivity index (χ3v) is 4.07. The van der Waals surface area contributed by atoms with E-state index < -0.39 is 11.6 Å². The molecule has 0 aliphatic heterocycles. The maximum absolute atomic E-state index is 12.3.